The van der Waals surface area contributed by atoms with Crippen LogP contribution in [-0.4, -0.2) is 38.1 Å². The molecule has 0 bridgehead atoms. The van der Waals surface area contributed by atoms with Gasteiger partial charge in [-0.15, -0.1) is 0 Å². The Hall–Kier alpha value is -1.32. The summed E-state index contributed by atoms with van der Waals surface area (Å²) in [4.78, 5) is 13.4. The molecule has 4 heteroatoms. The molecule has 1 amide bonds. The van der Waals surface area contributed by atoms with Gasteiger partial charge in [-0.25, -0.2) is 0 Å². The Kier molecular flexibility index (Phi) is 6.47. The summed E-state index contributed by atoms with van der Waals surface area (Å²) < 4.78 is 4.94. The molecular formula is C14H18ClNO2. The van der Waals surface area contributed by atoms with Gasteiger partial charge in [0.2, 0.25) is 5.91 Å². The predicted molar refractivity (Wildman–Crippen MR) is 74.6 cm³/mol. The average Bonchev–Trinajstić information content (AvgIpc) is 2.36. The number of ether oxygens (including phenoxy) is 1. The Balaban J connectivity index is 2.48. The average molecular weight is 268 g/mol. The standard InChI is InChI=1S/C14H18ClNO2/c1-16(9-4-10-18-2)14(17)8-7-12-5-3-6-13(15)11-12/h3,5-8,11H,4,9-10H2,1-2H3/b8-7+. The van der Waals surface area contributed by atoms with Crippen LogP contribution < -0.4 is 0 Å². The quantitative estimate of drug-likeness (QED) is 0.586. The highest BCUT2D eigenvalue weighted by Crippen LogP contribution is 2.11. The zero-order valence-corrected chi connectivity index (χ0v) is 11.5. The fraction of sp³-hybridized carbons (Fsp3) is 0.357. The van der Waals surface area contributed by atoms with E-state index in [1.54, 1.807) is 37.3 Å². The molecule has 0 aliphatic carbocycles. The normalized spacial score (nSPS) is 10.8. The number of likely N-dealkylation sites (N-methyl/N-ethyl adjacent to an activating group) is 1. The first-order chi connectivity index (χ1) is 8.63. The molecule has 0 atom stereocenters. The van der Waals surface area contributed by atoms with Crippen molar-refractivity contribution in [3.8, 4) is 0 Å². The molecule has 0 radical (unpaired) electrons. The third-order valence-corrected chi connectivity index (χ3v) is 2.72. The summed E-state index contributed by atoms with van der Waals surface area (Å²) in [6.07, 6.45) is 4.16. The number of nitrogens with zero attached hydrogens (tertiary/aromatic N) is 1. The number of halogens is 1. The highest BCUT2D eigenvalue weighted by molar-refractivity contribution is 6.30. The fourth-order valence-electron chi connectivity index (χ4n) is 1.46. The second-order valence-corrected chi connectivity index (χ2v) is 4.43. The van der Waals surface area contributed by atoms with Gasteiger partial charge in [0.05, 0.1) is 0 Å². The molecule has 0 saturated heterocycles. The molecule has 1 aromatic rings. The van der Waals surface area contributed by atoms with Crippen LogP contribution in [0, 0.1) is 0 Å². The molecule has 0 aliphatic heterocycles. The molecule has 0 unspecified atom stereocenters. The number of methoxy groups -OCH3 is 1. The monoisotopic (exact) mass is 267 g/mol. The van der Waals surface area contributed by atoms with Crippen LogP contribution in [0.25, 0.3) is 6.08 Å². The number of rotatable bonds is 6. The smallest absolute Gasteiger partial charge is 0.246 e. The maximum Gasteiger partial charge on any atom is 0.246 e. The summed E-state index contributed by atoms with van der Waals surface area (Å²) in [5.41, 5.74) is 0.918. The first kappa shape index (κ1) is 14.7. The summed E-state index contributed by atoms with van der Waals surface area (Å²) in [7, 11) is 3.43. The first-order valence-electron chi connectivity index (χ1n) is 5.81. The highest BCUT2D eigenvalue weighted by atomic mass is 35.5. The Morgan fingerprint density at radius 2 is 2.28 bits per heavy atom. The molecule has 0 heterocycles. The number of hydrogen-bond acceptors (Lipinski definition) is 2. The van der Waals surface area contributed by atoms with Crippen molar-refractivity contribution < 1.29 is 9.53 Å². The van der Waals surface area contributed by atoms with Crippen LogP contribution in [-0.2, 0) is 9.53 Å². The lowest BCUT2D eigenvalue weighted by Gasteiger charge is -2.14. The maximum atomic E-state index is 11.8. The lowest BCUT2D eigenvalue weighted by molar-refractivity contribution is -0.124. The van der Waals surface area contributed by atoms with E-state index in [1.165, 1.54) is 0 Å². The lowest BCUT2D eigenvalue weighted by atomic mass is 10.2. The minimum Gasteiger partial charge on any atom is -0.385 e. The van der Waals surface area contributed by atoms with Crippen molar-refractivity contribution >= 4 is 23.6 Å². The summed E-state index contributed by atoms with van der Waals surface area (Å²) in [6, 6.07) is 7.38. The summed E-state index contributed by atoms with van der Waals surface area (Å²) in [6.45, 7) is 1.35. The van der Waals surface area contributed by atoms with Crippen LogP contribution in [0.3, 0.4) is 0 Å². The molecule has 18 heavy (non-hydrogen) atoms. The predicted octanol–water partition coefficient (Wildman–Crippen LogP) is 2.85. The van der Waals surface area contributed by atoms with E-state index < -0.39 is 0 Å². The fourth-order valence-corrected chi connectivity index (χ4v) is 1.66. The van der Waals surface area contributed by atoms with Gasteiger partial charge in [0.1, 0.15) is 0 Å². The van der Waals surface area contributed by atoms with Crippen molar-refractivity contribution in [1.82, 2.24) is 4.90 Å². The molecule has 1 rings (SSSR count). The van der Waals surface area contributed by atoms with E-state index in [2.05, 4.69) is 0 Å². The summed E-state index contributed by atoms with van der Waals surface area (Å²) in [5.74, 6) is -0.0221. The second-order valence-electron chi connectivity index (χ2n) is 3.99. The molecule has 0 aromatic heterocycles. The van der Waals surface area contributed by atoms with Gasteiger partial charge in [-0.2, -0.15) is 0 Å². The SMILES string of the molecule is COCCCN(C)C(=O)/C=C/c1cccc(Cl)c1. The van der Waals surface area contributed by atoms with Crippen molar-refractivity contribution in [2.24, 2.45) is 0 Å². The zero-order chi connectivity index (χ0) is 13.4. The van der Waals surface area contributed by atoms with Gasteiger partial charge in [-0.05, 0) is 30.2 Å². The van der Waals surface area contributed by atoms with E-state index in [4.69, 9.17) is 16.3 Å². The van der Waals surface area contributed by atoms with E-state index in [-0.39, 0.29) is 5.91 Å². The minimum atomic E-state index is -0.0221. The largest absolute Gasteiger partial charge is 0.385 e. The molecule has 0 saturated carbocycles. The van der Waals surface area contributed by atoms with Gasteiger partial charge in [0.15, 0.2) is 0 Å². The third kappa shape index (κ3) is 5.34. The van der Waals surface area contributed by atoms with Crippen molar-refractivity contribution in [2.45, 2.75) is 6.42 Å². The molecule has 0 N–H and O–H groups in total. The van der Waals surface area contributed by atoms with Crippen molar-refractivity contribution in [1.29, 1.82) is 0 Å². The summed E-state index contributed by atoms with van der Waals surface area (Å²) >= 11 is 5.86. The molecule has 0 fully saturated rings. The molecule has 0 aliphatic rings. The Morgan fingerprint density at radius 3 is 2.94 bits per heavy atom. The van der Waals surface area contributed by atoms with E-state index in [1.807, 2.05) is 18.2 Å². The molecular weight excluding hydrogens is 250 g/mol. The van der Waals surface area contributed by atoms with Crippen LogP contribution >= 0.6 is 11.6 Å². The van der Waals surface area contributed by atoms with Crippen molar-refractivity contribution in [2.75, 3.05) is 27.3 Å². The number of amides is 1. The number of carbonyl (C=O) groups excluding carboxylic acids is 1. The minimum absolute atomic E-state index is 0.0221. The molecule has 98 valence electrons. The maximum absolute atomic E-state index is 11.8. The van der Waals surface area contributed by atoms with E-state index in [9.17, 15) is 4.79 Å². The molecule has 1 aromatic carbocycles. The topological polar surface area (TPSA) is 29.5 Å². The van der Waals surface area contributed by atoms with E-state index >= 15 is 0 Å². The van der Waals surface area contributed by atoms with Gasteiger partial charge in [-0.1, -0.05) is 23.7 Å². The van der Waals surface area contributed by atoms with Crippen LogP contribution in [0.5, 0.6) is 0 Å². The van der Waals surface area contributed by atoms with Crippen molar-refractivity contribution in [3.05, 3.63) is 40.9 Å². The molecule has 3 nitrogen and oxygen atoms in total. The van der Waals surface area contributed by atoms with Crippen molar-refractivity contribution in [3.63, 3.8) is 0 Å². The first-order valence-corrected chi connectivity index (χ1v) is 6.19. The van der Waals surface area contributed by atoms with Crippen LogP contribution in [0.15, 0.2) is 30.3 Å². The van der Waals surface area contributed by atoms with E-state index in [0.717, 1.165) is 12.0 Å². The Bertz CT molecular complexity index is 418. The number of carbonyl (C=O) groups is 1. The molecule has 0 spiro atoms. The van der Waals surface area contributed by atoms with Crippen LogP contribution in [0.2, 0.25) is 5.02 Å². The lowest BCUT2D eigenvalue weighted by Crippen LogP contribution is -2.26. The number of hydrogen-bond donors (Lipinski definition) is 0. The Morgan fingerprint density at radius 1 is 1.50 bits per heavy atom. The third-order valence-electron chi connectivity index (χ3n) is 2.49. The zero-order valence-electron chi connectivity index (χ0n) is 10.7. The second kappa shape index (κ2) is 7.90. The van der Waals surface area contributed by atoms with Gasteiger partial charge < -0.3 is 9.64 Å². The highest BCUT2D eigenvalue weighted by Gasteiger charge is 2.03. The van der Waals surface area contributed by atoms with Gasteiger partial charge >= 0.3 is 0 Å². The van der Waals surface area contributed by atoms with Crippen LogP contribution in [0.4, 0.5) is 0 Å². The van der Waals surface area contributed by atoms with Gasteiger partial charge in [0, 0.05) is 38.4 Å². The number of benzene rings is 1. The van der Waals surface area contributed by atoms with Crippen LogP contribution in [0.1, 0.15) is 12.0 Å². The summed E-state index contributed by atoms with van der Waals surface area (Å²) in [5, 5.41) is 0.665. The van der Waals surface area contributed by atoms with Gasteiger partial charge in [-0.3, -0.25) is 4.79 Å². The van der Waals surface area contributed by atoms with Gasteiger partial charge in [0.25, 0.3) is 0 Å². The van der Waals surface area contributed by atoms with E-state index in [0.29, 0.717) is 18.2 Å². The Labute approximate surface area is 113 Å².